The Bertz CT molecular complexity index is 892. The minimum absolute atomic E-state index is 0.173. The molecule has 1 aliphatic rings. The standard InChI is InChI=1S/C19H21ClN2O4S/c1-14(15-2-6-17(20)7-3-15)21-19(23)16-4-8-18(9-5-16)27(24,25)22-10-12-26-13-11-22/h2-9,14H,10-13H2,1H3,(H,21,23). The summed E-state index contributed by atoms with van der Waals surface area (Å²) in [5, 5.41) is 3.53. The summed E-state index contributed by atoms with van der Waals surface area (Å²) in [6, 6.07) is 13.0. The van der Waals surface area contributed by atoms with Crippen molar-refractivity contribution in [1.82, 2.24) is 9.62 Å². The van der Waals surface area contributed by atoms with Crippen LogP contribution in [0.5, 0.6) is 0 Å². The number of carbonyl (C=O) groups is 1. The lowest BCUT2D eigenvalue weighted by molar-refractivity contribution is 0.0730. The Hall–Kier alpha value is -1.93. The summed E-state index contributed by atoms with van der Waals surface area (Å²) in [6.07, 6.45) is 0. The molecule has 2 aromatic carbocycles. The van der Waals surface area contributed by atoms with Crippen LogP contribution < -0.4 is 5.32 Å². The summed E-state index contributed by atoms with van der Waals surface area (Å²) in [6.45, 7) is 3.33. The second-order valence-corrected chi connectivity index (χ2v) is 8.66. The van der Waals surface area contributed by atoms with Gasteiger partial charge in [0.25, 0.3) is 5.91 Å². The van der Waals surface area contributed by atoms with Gasteiger partial charge in [0.2, 0.25) is 10.0 Å². The summed E-state index contributed by atoms with van der Waals surface area (Å²) in [5.41, 5.74) is 1.33. The average molecular weight is 409 g/mol. The molecule has 0 aromatic heterocycles. The number of hydrogen-bond acceptors (Lipinski definition) is 4. The van der Waals surface area contributed by atoms with Crippen LogP contribution in [-0.4, -0.2) is 44.9 Å². The maximum atomic E-state index is 12.6. The zero-order chi connectivity index (χ0) is 19.4. The average Bonchev–Trinajstić information content (AvgIpc) is 2.69. The third kappa shape index (κ3) is 4.68. The summed E-state index contributed by atoms with van der Waals surface area (Å²) in [7, 11) is -3.57. The van der Waals surface area contributed by atoms with Crippen molar-refractivity contribution in [2.75, 3.05) is 26.3 Å². The Labute approximate surface area is 164 Å². The lowest BCUT2D eigenvalue weighted by atomic mass is 10.1. The van der Waals surface area contributed by atoms with Gasteiger partial charge in [0, 0.05) is 23.7 Å². The number of ether oxygens (including phenoxy) is 1. The first kappa shape index (κ1) is 19.8. The van der Waals surface area contributed by atoms with Gasteiger partial charge in [0.1, 0.15) is 0 Å². The first-order valence-electron chi connectivity index (χ1n) is 8.62. The Morgan fingerprint density at radius 3 is 2.26 bits per heavy atom. The molecule has 0 bridgehead atoms. The predicted molar refractivity (Wildman–Crippen MR) is 103 cm³/mol. The number of carbonyl (C=O) groups excluding carboxylic acids is 1. The molecule has 3 rings (SSSR count). The van der Waals surface area contributed by atoms with Crippen molar-refractivity contribution in [2.45, 2.75) is 17.9 Å². The van der Waals surface area contributed by atoms with Crippen molar-refractivity contribution >= 4 is 27.5 Å². The Morgan fingerprint density at radius 2 is 1.67 bits per heavy atom. The van der Waals surface area contributed by atoms with Crippen LogP contribution in [0.3, 0.4) is 0 Å². The van der Waals surface area contributed by atoms with E-state index in [4.69, 9.17) is 16.3 Å². The largest absolute Gasteiger partial charge is 0.379 e. The van der Waals surface area contributed by atoms with E-state index in [1.807, 2.05) is 19.1 Å². The molecule has 6 nitrogen and oxygen atoms in total. The summed E-state index contributed by atoms with van der Waals surface area (Å²) in [4.78, 5) is 12.6. The van der Waals surface area contributed by atoms with Gasteiger partial charge in [-0.25, -0.2) is 8.42 Å². The van der Waals surface area contributed by atoms with E-state index in [9.17, 15) is 13.2 Å². The van der Waals surface area contributed by atoms with Crippen molar-refractivity contribution in [3.8, 4) is 0 Å². The summed E-state index contributed by atoms with van der Waals surface area (Å²) in [5.74, 6) is -0.271. The highest BCUT2D eigenvalue weighted by Gasteiger charge is 2.26. The number of nitrogens with zero attached hydrogens (tertiary/aromatic N) is 1. The van der Waals surface area contributed by atoms with Crippen LogP contribution in [0.2, 0.25) is 5.02 Å². The van der Waals surface area contributed by atoms with Gasteiger partial charge >= 0.3 is 0 Å². The van der Waals surface area contributed by atoms with E-state index in [1.165, 1.54) is 28.6 Å². The highest BCUT2D eigenvalue weighted by molar-refractivity contribution is 7.89. The molecule has 2 aromatic rings. The smallest absolute Gasteiger partial charge is 0.251 e. The van der Waals surface area contributed by atoms with Gasteiger partial charge in [0.05, 0.1) is 24.2 Å². The van der Waals surface area contributed by atoms with Gasteiger partial charge in [-0.1, -0.05) is 23.7 Å². The molecule has 1 fully saturated rings. The number of sulfonamides is 1. The third-order valence-electron chi connectivity index (χ3n) is 4.44. The van der Waals surface area contributed by atoms with Crippen LogP contribution in [-0.2, 0) is 14.8 Å². The Kier molecular flexibility index (Phi) is 6.16. The normalized spacial score (nSPS) is 16.7. The maximum Gasteiger partial charge on any atom is 0.251 e. The van der Waals surface area contributed by atoms with Crippen LogP contribution in [0.4, 0.5) is 0 Å². The van der Waals surface area contributed by atoms with Gasteiger partial charge in [0.15, 0.2) is 0 Å². The highest BCUT2D eigenvalue weighted by atomic mass is 35.5. The van der Waals surface area contributed by atoms with Crippen molar-refractivity contribution in [2.24, 2.45) is 0 Å². The fourth-order valence-corrected chi connectivity index (χ4v) is 4.36. The molecule has 1 unspecified atom stereocenters. The number of morpholine rings is 1. The van der Waals surface area contributed by atoms with E-state index in [0.29, 0.717) is 36.9 Å². The van der Waals surface area contributed by atoms with Gasteiger partial charge in [-0.2, -0.15) is 4.31 Å². The molecule has 27 heavy (non-hydrogen) atoms. The van der Waals surface area contributed by atoms with Gasteiger partial charge in [-0.3, -0.25) is 4.79 Å². The first-order valence-corrected chi connectivity index (χ1v) is 10.4. The van der Waals surface area contributed by atoms with Crippen molar-refractivity contribution < 1.29 is 17.9 Å². The van der Waals surface area contributed by atoms with Gasteiger partial charge < -0.3 is 10.1 Å². The van der Waals surface area contributed by atoms with Crippen molar-refractivity contribution in [3.05, 3.63) is 64.7 Å². The molecule has 0 saturated carbocycles. The molecular formula is C19H21ClN2O4S. The summed E-state index contributed by atoms with van der Waals surface area (Å²) >= 11 is 5.88. The van der Waals surface area contributed by atoms with Gasteiger partial charge in [-0.15, -0.1) is 0 Å². The maximum absolute atomic E-state index is 12.6. The third-order valence-corrected chi connectivity index (χ3v) is 6.61. The molecule has 8 heteroatoms. The van der Waals surface area contributed by atoms with Crippen molar-refractivity contribution in [3.63, 3.8) is 0 Å². The fourth-order valence-electron chi connectivity index (χ4n) is 2.83. The molecular weight excluding hydrogens is 388 g/mol. The zero-order valence-corrected chi connectivity index (χ0v) is 16.5. The molecule has 0 radical (unpaired) electrons. The van der Waals surface area contributed by atoms with E-state index < -0.39 is 10.0 Å². The lowest BCUT2D eigenvalue weighted by Crippen LogP contribution is -2.40. The molecule has 1 saturated heterocycles. The minimum atomic E-state index is -3.57. The van der Waals surface area contributed by atoms with Crippen LogP contribution in [0.25, 0.3) is 0 Å². The number of rotatable bonds is 5. The quantitative estimate of drug-likeness (QED) is 0.825. The number of hydrogen-bond donors (Lipinski definition) is 1. The van der Waals surface area contributed by atoms with Crippen LogP contribution in [0, 0.1) is 0 Å². The van der Waals surface area contributed by atoms with Crippen LogP contribution in [0.1, 0.15) is 28.9 Å². The second kappa shape index (κ2) is 8.39. The molecule has 144 valence electrons. The minimum Gasteiger partial charge on any atom is -0.379 e. The van der Waals surface area contributed by atoms with E-state index in [2.05, 4.69) is 5.32 Å². The molecule has 1 heterocycles. The molecule has 1 amide bonds. The number of benzene rings is 2. The zero-order valence-electron chi connectivity index (χ0n) is 14.9. The molecule has 1 N–H and O–H groups in total. The summed E-state index contributed by atoms with van der Waals surface area (Å²) < 4.78 is 31.8. The van der Waals surface area contributed by atoms with Crippen LogP contribution in [0.15, 0.2) is 53.4 Å². The van der Waals surface area contributed by atoms with E-state index in [0.717, 1.165) is 5.56 Å². The molecule has 1 atom stereocenters. The molecule has 0 spiro atoms. The predicted octanol–water partition coefficient (Wildman–Crippen LogP) is 2.85. The molecule has 1 aliphatic heterocycles. The first-order chi connectivity index (χ1) is 12.9. The van der Waals surface area contributed by atoms with Crippen LogP contribution >= 0.6 is 11.6 Å². The van der Waals surface area contributed by atoms with Gasteiger partial charge in [-0.05, 0) is 48.9 Å². The Balaban J connectivity index is 1.69. The fraction of sp³-hybridized carbons (Fsp3) is 0.316. The lowest BCUT2D eigenvalue weighted by Gasteiger charge is -2.26. The van der Waals surface area contributed by atoms with E-state index >= 15 is 0 Å². The number of nitrogens with one attached hydrogen (secondary N) is 1. The Morgan fingerprint density at radius 1 is 1.07 bits per heavy atom. The number of halogens is 1. The van der Waals surface area contributed by atoms with E-state index in [1.54, 1.807) is 12.1 Å². The topological polar surface area (TPSA) is 75.7 Å². The second-order valence-electron chi connectivity index (χ2n) is 6.29. The highest BCUT2D eigenvalue weighted by Crippen LogP contribution is 2.19. The van der Waals surface area contributed by atoms with Crippen molar-refractivity contribution in [1.29, 1.82) is 0 Å². The SMILES string of the molecule is CC(NC(=O)c1ccc(S(=O)(=O)N2CCOCC2)cc1)c1ccc(Cl)cc1. The number of amides is 1. The monoisotopic (exact) mass is 408 g/mol. The van der Waals surface area contributed by atoms with E-state index in [-0.39, 0.29) is 16.8 Å². The molecule has 0 aliphatic carbocycles.